The summed E-state index contributed by atoms with van der Waals surface area (Å²) in [6, 6.07) is 3.37. The van der Waals surface area contributed by atoms with Crippen LogP contribution in [0.25, 0.3) is 0 Å². The first-order valence-corrected chi connectivity index (χ1v) is 7.04. The molecule has 19 heavy (non-hydrogen) atoms. The quantitative estimate of drug-likeness (QED) is 0.837. The van der Waals surface area contributed by atoms with Gasteiger partial charge in [-0.2, -0.15) is 0 Å². The SMILES string of the molecule is Cc1nc(Cl)ccc1C(=O)NC1CCCCC1CO. The Morgan fingerprint density at radius 3 is 2.89 bits per heavy atom. The third-order valence-electron chi connectivity index (χ3n) is 3.76. The maximum Gasteiger partial charge on any atom is 0.253 e. The first kappa shape index (κ1) is 14.3. The largest absolute Gasteiger partial charge is 0.396 e. The number of carbonyl (C=O) groups is 1. The second-order valence-electron chi connectivity index (χ2n) is 5.07. The Hall–Kier alpha value is -1.13. The van der Waals surface area contributed by atoms with Crippen molar-refractivity contribution in [2.24, 2.45) is 5.92 Å². The molecule has 0 saturated heterocycles. The number of pyridine rings is 1. The van der Waals surface area contributed by atoms with Crippen LogP contribution < -0.4 is 5.32 Å². The van der Waals surface area contributed by atoms with Crippen molar-refractivity contribution in [3.63, 3.8) is 0 Å². The number of aryl methyl sites for hydroxylation is 1. The topological polar surface area (TPSA) is 62.2 Å². The normalized spacial score (nSPS) is 23.1. The van der Waals surface area contributed by atoms with Gasteiger partial charge < -0.3 is 10.4 Å². The maximum absolute atomic E-state index is 12.2. The Balaban J connectivity index is 2.07. The number of hydrogen-bond acceptors (Lipinski definition) is 3. The molecule has 2 N–H and O–H groups in total. The highest BCUT2D eigenvalue weighted by Crippen LogP contribution is 2.24. The van der Waals surface area contributed by atoms with Crippen molar-refractivity contribution < 1.29 is 9.90 Å². The van der Waals surface area contributed by atoms with E-state index in [1.807, 2.05) is 0 Å². The van der Waals surface area contributed by atoms with Gasteiger partial charge in [0.05, 0.1) is 11.3 Å². The van der Waals surface area contributed by atoms with Gasteiger partial charge in [-0.15, -0.1) is 0 Å². The monoisotopic (exact) mass is 282 g/mol. The number of nitrogens with zero attached hydrogens (tertiary/aromatic N) is 1. The van der Waals surface area contributed by atoms with Crippen LogP contribution in [0.3, 0.4) is 0 Å². The predicted octanol–water partition coefficient (Wildman–Crippen LogP) is 2.32. The van der Waals surface area contributed by atoms with Gasteiger partial charge in [0.2, 0.25) is 0 Å². The van der Waals surface area contributed by atoms with Gasteiger partial charge in [0.25, 0.3) is 5.91 Å². The third kappa shape index (κ3) is 3.45. The molecule has 2 rings (SSSR count). The lowest BCUT2D eigenvalue weighted by atomic mass is 9.85. The number of aliphatic hydroxyl groups is 1. The van der Waals surface area contributed by atoms with Crippen molar-refractivity contribution in [2.75, 3.05) is 6.61 Å². The molecule has 0 spiro atoms. The summed E-state index contributed by atoms with van der Waals surface area (Å²) in [7, 11) is 0. The van der Waals surface area contributed by atoms with E-state index in [2.05, 4.69) is 10.3 Å². The fourth-order valence-electron chi connectivity index (χ4n) is 2.63. The number of aliphatic hydroxyl groups excluding tert-OH is 1. The van der Waals surface area contributed by atoms with Crippen molar-refractivity contribution in [1.82, 2.24) is 10.3 Å². The molecule has 4 nitrogen and oxygen atoms in total. The van der Waals surface area contributed by atoms with E-state index < -0.39 is 0 Å². The highest BCUT2D eigenvalue weighted by atomic mass is 35.5. The highest BCUT2D eigenvalue weighted by molar-refractivity contribution is 6.29. The number of halogens is 1. The van der Waals surface area contributed by atoms with Crippen molar-refractivity contribution in [2.45, 2.75) is 38.6 Å². The van der Waals surface area contributed by atoms with E-state index in [0.717, 1.165) is 25.7 Å². The zero-order valence-electron chi connectivity index (χ0n) is 11.0. The van der Waals surface area contributed by atoms with Gasteiger partial charge in [-0.25, -0.2) is 4.98 Å². The summed E-state index contributed by atoms with van der Waals surface area (Å²) in [4.78, 5) is 16.3. The van der Waals surface area contributed by atoms with E-state index in [1.165, 1.54) is 0 Å². The minimum absolute atomic E-state index is 0.0568. The molecular formula is C14H19ClN2O2. The Kier molecular flexibility index (Phi) is 4.77. The average Bonchev–Trinajstić information content (AvgIpc) is 2.39. The highest BCUT2D eigenvalue weighted by Gasteiger charge is 2.26. The van der Waals surface area contributed by atoms with Crippen LogP contribution >= 0.6 is 11.6 Å². The van der Waals surface area contributed by atoms with E-state index in [1.54, 1.807) is 19.1 Å². The first-order valence-electron chi connectivity index (χ1n) is 6.66. The van der Waals surface area contributed by atoms with Crippen LogP contribution in [0, 0.1) is 12.8 Å². The number of aromatic nitrogens is 1. The lowest BCUT2D eigenvalue weighted by molar-refractivity contribution is 0.0871. The number of nitrogens with one attached hydrogen (secondary N) is 1. The molecule has 0 bridgehead atoms. The smallest absolute Gasteiger partial charge is 0.253 e. The molecule has 1 saturated carbocycles. The molecule has 1 aliphatic rings. The van der Waals surface area contributed by atoms with Crippen LogP contribution in [0.15, 0.2) is 12.1 Å². The molecule has 104 valence electrons. The van der Waals surface area contributed by atoms with E-state index in [4.69, 9.17) is 11.6 Å². The summed E-state index contributed by atoms with van der Waals surface area (Å²) < 4.78 is 0. The van der Waals surface area contributed by atoms with Crippen molar-refractivity contribution in [3.05, 3.63) is 28.5 Å². The lowest BCUT2D eigenvalue weighted by Gasteiger charge is -2.31. The molecule has 0 aliphatic heterocycles. The summed E-state index contributed by atoms with van der Waals surface area (Å²) in [6.07, 6.45) is 4.12. The molecule has 1 heterocycles. The average molecular weight is 283 g/mol. The second kappa shape index (κ2) is 6.35. The third-order valence-corrected chi connectivity index (χ3v) is 3.97. The number of amides is 1. The minimum Gasteiger partial charge on any atom is -0.396 e. The van der Waals surface area contributed by atoms with Gasteiger partial charge in [0.15, 0.2) is 0 Å². The zero-order valence-corrected chi connectivity index (χ0v) is 11.8. The Morgan fingerprint density at radius 1 is 1.47 bits per heavy atom. The van der Waals surface area contributed by atoms with Gasteiger partial charge in [-0.05, 0) is 31.9 Å². The predicted molar refractivity (Wildman–Crippen MR) is 74.3 cm³/mol. The molecule has 1 aromatic rings. The zero-order chi connectivity index (χ0) is 13.8. The number of hydrogen-bond donors (Lipinski definition) is 2. The molecular weight excluding hydrogens is 264 g/mol. The van der Waals surface area contributed by atoms with E-state index >= 15 is 0 Å². The van der Waals surface area contributed by atoms with Crippen LogP contribution in [-0.2, 0) is 0 Å². The first-order chi connectivity index (χ1) is 9.11. The van der Waals surface area contributed by atoms with Crippen LogP contribution in [0.5, 0.6) is 0 Å². The van der Waals surface area contributed by atoms with Gasteiger partial charge >= 0.3 is 0 Å². The Bertz CT molecular complexity index is 465. The Labute approximate surface area is 118 Å². The maximum atomic E-state index is 12.2. The molecule has 1 fully saturated rings. The summed E-state index contributed by atoms with van der Waals surface area (Å²) in [5, 5.41) is 12.8. The minimum atomic E-state index is -0.132. The number of rotatable bonds is 3. The Morgan fingerprint density at radius 2 is 2.21 bits per heavy atom. The van der Waals surface area contributed by atoms with Crippen LogP contribution in [-0.4, -0.2) is 28.6 Å². The summed E-state index contributed by atoms with van der Waals surface area (Å²) in [5.74, 6) is 0.0327. The molecule has 2 unspecified atom stereocenters. The van der Waals surface area contributed by atoms with Crippen LogP contribution in [0.2, 0.25) is 5.15 Å². The molecule has 0 aromatic carbocycles. The van der Waals surface area contributed by atoms with E-state index in [9.17, 15) is 9.90 Å². The van der Waals surface area contributed by atoms with Crippen LogP contribution in [0.1, 0.15) is 41.7 Å². The summed E-state index contributed by atoms with van der Waals surface area (Å²) in [6.45, 7) is 1.90. The van der Waals surface area contributed by atoms with E-state index in [-0.39, 0.29) is 24.5 Å². The van der Waals surface area contributed by atoms with Crippen molar-refractivity contribution >= 4 is 17.5 Å². The number of carbonyl (C=O) groups excluding carboxylic acids is 1. The lowest BCUT2D eigenvalue weighted by Crippen LogP contribution is -2.43. The van der Waals surface area contributed by atoms with Gasteiger partial charge in [-0.1, -0.05) is 24.4 Å². The van der Waals surface area contributed by atoms with Gasteiger partial charge in [-0.3, -0.25) is 4.79 Å². The fourth-order valence-corrected chi connectivity index (χ4v) is 2.82. The van der Waals surface area contributed by atoms with Gasteiger partial charge in [0, 0.05) is 18.6 Å². The summed E-state index contributed by atoms with van der Waals surface area (Å²) >= 11 is 5.78. The van der Waals surface area contributed by atoms with Crippen molar-refractivity contribution in [1.29, 1.82) is 0 Å². The standard InChI is InChI=1S/C14H19ClN2O2/c1-9-11(6-7-13(15)16-9)14(19)17-12-5-3-2-4-10(12)8-18/h6-7,10,12,18H,2-5,8H2,1H3,(H,17,19). The summed E-state index contributed by atoms with van der Waals surface area (Å²) in [5.41, 5.74) is 1.17. The van der Waals surface area contributed by atoms with Gasteiger partial charge in [0.1, 0.15) is 5.15 Å². The molecule has 1 aromatic heterocycles. The van der Waals surface area contributed by atoms with E-state index in [0.29, 0.717) is 16.4 Å². The molecule has 0 radical (unpaired) electrons. The van der Waals surface area contributed by atoms with Crippen LogP contribution in [0.4, 0.5) is 0 Å². The molecule has 1 amide bonds. The second-order valence-corrected chi connectivity index (χ2v) is 5.46. The fraction of sp³-hybridized carbons (Fsp3) is 0.571. The molecule has 1 aliphatic carbocycles. The molecule has 2 atom stereocenters. The molecule has 5 heteroatoms. The van der Waals surface area contributed by atoms with Crippen molar-refractivity contribution in [3.8, 4) is 0 Å².